The Morgan fingerprint density at radius 2 is 2.05 bits per heavy atom. The van der Waals surface area contributed by atoms with Gasteiger partial charge < -0.3 is 5.32 Å². The van der Waals surface area contributed by atoms with E-state index >= 15 is 0 Å². The molecule has 112 valence electrons. The monoisotopic (exact) mass is 355 g/mol. The zero-order chi connectivity index (χ0) is 15.4. The van der Waals surface area contributed by atoms with Gasteiger partial charge in [-0.25, -0.2) is 18.7 Å². The molecule has 1 heterocycles. The largest absolute Gasteiger partial charge is 0.309 e. The van der Waals surface area contributed by atoms with Crippen LogP contribution in [0.5, 0.6) is 0 Å². The summed E-state index contributed by atoms with van der Waals surface area (Å²) < 4.78 is 28.3. The molecule has 21 heavy (non-hydrogen) atoms. The number of hydrogen-bond acceptors (Lipinski definition) is 3. The first-order valence-electron chi connectivity index (χ1n) is 6.68. The van der Waals surface area contributed by atoms with Gasteiger partial charge in [-0.2, -0.15) is 0 Å². The number of nitrogens with one attached hydrogen (secondary N) is 1. The first-order valence-corrected chi connectivity index (χ1v) is 7.47. The Hall–Kier alpha value is -1.40. The fourth-order valence-electron chi connectivity index (χ4n) is 2.16. The van der Waals surface area contributed by atoms with E-state index in [1.807, 2.05) is 6.92 Å². The number of hydrogen-bond donors (Lipinski definition) is 1. The summed E-state index contributed by atoms with van der Waals surface area (Å²) in [4.78, 5) is 8.38. The predicted octanol–water partition coefficient (Wildman–Crippen LogP) is 3.72. The van der Waals surface area contributed by atoms with Gasteiger partial charge in [0.25, 0.3) is 0 Å². The maximum Gasteiger partial charge on any atom is 0.143 e. The van der Waals surface area contributed by atoms with E-state index in [-0.39, 0.29) is 22.5 Å². The van der Waals surface area contributed by atoms with E-state index in [1.54, 1.807) is 19.2 Å². The highest BCUT2D eigenvalue weighted by Gasteiger charge is 2.19. The summed E-state index contributed by atoms with van der Waals surface area (Å²) in [5.74, 6) is -0.487. The normalized spacial score (nSPS) is 12.4. The third-order valence-corrected chi connectivity index (χ3v) is 3.76. The number of aryl methyl sites for hydroxylation is 1. The molecule has 0 fully saturated rings. The van der Waals surface area contributed by atoms with Crippen molar-refractivity contribution in [3.63, 3.8) is 0 Å². The maximum atomic E-state index is 14.1. The maximum absolute atomic E-state index is 14.1. The van der Waals surface area contributed by atoms with E-state index < -0.39 is 11.6 Å². The fraction of sp³-hybridized carbons (Fsp3) is 0.333. The quantitative estimate of drug-likeness (QED) is 0.830. The van der Waals surface area contributed by atoms with Crippen LogP contribution in [0.3, 0.4) is 0 Å². The van der Waals surface area contributed by atoms with Crippen molar-refractivity contribution in [2.45, 2.75) is 26.3 Å². The minimum atomic E-state index is -0.566. The van der Waals surface area contributed by atoms with Crippen LogP contribution in [-0.4, -0.2) is 16.5 Å². The first kappa shape index (κ1) is 16.0. The highest BCUT2D eigenvalue weighted by atomic mass is 79.9. The Kier molecular flexibility index (Phi) is 5.36. The lowest BCUT2D eigenvalue weighted by Crippen LogP contribution is -2.25. The minimum absolute atomic E-state index is 0.0478. The number of benzene rings is 1. The van der Waals surface area contributed by atoms with E-state index in [9.17, 15) is 8.78 Å². The second-order valence-corrected chi connectivity index (χ2v) is 5.52. The fourth-order valence-corrected chi connectivity index (χ4v) is 2.53. The molecule has 0 radical (unpaired) electrons. The van der Waals surface area contributed by atoms with Gasteiger partial charge in [-0.05, 0) is 54.0 Å². The number of aromatic nitrogens is 2. The van der Waals surface area contributed by atoms with Gasteiger partial charge in [0, 0.05) is 11.8 Å². The Bertz CT molecular complexity index is 634. The summed E-state index contributed by atoms with van der Waals surface area (Å²) in [6, 6.07) is 4.12. The van der Waals surface area contributed by atoms with Gasteiger partial charge in [0.2, 0.25) is 0 Å². The van der Waals surface area contributed by atoms with Crippen molar-refractivity contribution >= 4 is 15.9 Å². The number of rotatable bonds is 5. The number of likely N-dealkylation sites (N-methyl/N-ethyl adjacent to an activating group) is 1. The van der Waals surface area contributed by atoms with E-state index in [0.29, 0.717) is 12.4 Å². The van der Waals surface area contributed by atoms with Crippen LogP contribution in [0.25, 0.3) is 0 Å². The Balaban J connectivity index is 2.35. The molecule has 3 nitrogen and oxygen atoms in total. The molecule has 1 atom stereocenters. The summed E-state index contributed by atoms with van der Waals surface area (Å²) in [5.41, 5.74) is 0.773. The van der Waals surface area contributed by atoms with Crippen LogP contribution in [0.2, 0.25) is 0 Å². The van der Waals surface area contributed by atoms with Gasteiger partial charge in [-0.1, -0.05) is 6.92 Å². The first-order chi connectivity index (χ1) is 10.0. The molecule has 2 rings (SSSR count). The molecule has 1 N–H and O–H groups in total. The van der Waals surface area contributed by atoms with Crippen LogP contribution in [-0.2, 0) is 6.42 Å². The zero-order valence-electron chi connectivity index (χ0n) is 11.8. The van der Waals surface area contributed by atoms with Crippen LogP contribution in [0, 0.1) is 18.6 Å². The second-order valence-electron chi connectivity index (χ2n) is 4.66. The Morgan fingerprint density at radius 1 is 1.29 bits per heavy atom. The van der Waals surface area contributed by atoms with Gasteiger partial charge in [0.15, 0.2) is 0 Å². The number of halogens is 3. The molecular formula is C15H16BrF2N3. The number of nitrogens with zero attached hydrogens (tertiary/aromatic N) is 2. The molecule has 0 bridgehead atoms. The molecule has 1 aromatic heterocycles. The summed E-state index contributed by atoms with van der Waals surface area (Å²) in [6.07, 6.45) is 1.83. The Labute approximate surface area is 131 Å². The van der Waals surface area contributed by atoms with Crippen LogP contribution >= 0.6 is 15.9 Å². The summed E-state index contributed by atoms with van der Waals surface area (Å²) in [7, 11) is 0. The highest BCUT2D eigenvalue weighted by Crippen LogP contribution is 2.26. The van der Waals surface area contributed by atoms with Crippen molar-refractivity contribution in [1.29, 1.82) is 0 Å². The smallest absolute Gasteiger partial charge is 0.143 e. The van der Waals surface area contributed by atoms with Gasteiger partial charge in [-0.3, -0.25) is 0 Å². The van der Waals surface area contributed by atoms with Gasteiger partial charge in [0.05, 0.1) is 16.2 Å². The summed E-state index contributed by atoms with van der Waals surface area (Å²) >= 11 is 3.09. The van der Waals surface area contributed by atoms with E-state index in [2.05, 4.69) is 31.2 Å². The lowest BCUT2D eigenvalue weighted by atomic mass is 10.0. The van der Waals surface area contributed by atoms with Crippen LogP contribution in [0.15, 0.2) is 28.9 Å². The zero-order valence-corrected chi connectivity index (χ0v) is 13.4. The topological polar surface area (TPSA) is 37.8 Å². The third-order valence-electron chi connectivity index (χ3n) is 3.15. The molecule has 1 aromatic carbocycles. The van der Waals surface area contributed by atoms with Crippen molar-refractivity contribution in [3.05, 3.63) is 57.6 Å². The van der Waals surface area contributed by atoms with Crippen molar-refractivity contribution < 1.29 is 8.78 Å². The SMILES string of the molecule is CCNC(Cc1c(F)ccc(Br)c1F)c1ccnc(C)n1. The minimum Gasteiger partial charge on any atom is -0.309 e. The van der Waals surface area contributed by atoms with Crippen LogP contribution < -0.4 is 5.32 Å². The van der Waals surface area contributed by atoms with Gasteiger partial charge in [0.1, 0.15) is 17.5 Å². The second kappa shape index (κ2) is 7.04. The highest BCUT2D eigenvalue weighted by molar-refractivity contribution is 9.10. The average Bonchev–Trinajstić information content (AvgIpc) is 2.46. The molecule has 0 saturated carbocycles. The molecule has 0 aliphatic rings. The molecule has 0 aliphatic carbocycles. The van der Waals surface area contributed by atoms with Gasteiger partial charge >= 0.3 is 0 Å². The molecule has 0 saturated heterocycles. The van der Waals surface area contributed by atoms with Crippen LogP contribution in [0.1, 0.15) is 30.0 Å². The third kappa shape index (κ3) is 3.83. The molecule has 0 spiro atoms. The van der Waals surface area contributed by atoms with Crippen LogP contribution in [0.4, 0.5) is 8.78 Å². The molecule has 1 unspecified atom stereocenters. The molecule has 6 heteroatoms. The average molecular weight is 356 g/mol. The summed E-state index contributed by atoms with van der Waals surface area (Å²) in [6.45, 7) is 4.40. The van der Waals surface area contributed by atoms with Crippen molar-refractivity contribution in [2.75, 3.05) is 6.54 Å². The molecular weight excluding hydrogens is 340 g/mol. The standard InChI is InChI=1S/C15H16BrF2N3/c1-3-19-14(13-6-7-20-9(2)21-13)8-10-12(17)5-4-11(16)15(10)18/h4-7,14,19H,3,8H2,1-2H3. The van der Waals surface area contributed by atoms with E-state index in [0.717, 1.165) is 5.69 Å². The lowest BCUT2D eigenvalue weighted by Gasteiger charge is -2.18. The van der Waals surface area contributed by atoms with E-state index in [1.165, 1.54) is 12.1 Å². The summed E-state index contributed by atoms with van der Waals surface area (Å²) in [5, 5.41) is 3.21. The van der Waals surface area contributed by atoms with Crippen molar-refractivity contribution in [1.82, 2.24) is 15.3 Å². The van der Waals surface area contributed by atoms with Gasteiger partial charge in [-0.15, -0.1) is 0 Å². The van der Waals surface area contributed by atoms with Crippen molar-refractivity contribution in [3.8, 4) is 0 Å². The molecule has 0 aliphatic heterocycles. The molecule has 2 aromatic rings. The predicted molar refractivity (Wildman–Crippen MR) is 80.9 cm³/mol. The van der Waals surface area contributed by atoms with Crippen molar-refractivity contribution in [2.24, 2.45) is 0 Å². The Morgan fingerprint density at radius 3 is 2.71 bits per heavy atom. The lowest BCUT2D eigenvalue weighted by molar-refractivity contribution is 0.489. The molecule has 0 amide bonds. The van der Waals surface area contributed by atoms with E-state index in [4.69, 9.17) is 0 Å².